The minimum absolute atomic E-state index is 0.274. The maximum atomic E-state index is 13.1. The highest BCUT2D eigenvalue weighted by molar-refractivity contribution is 9.11. The molecule has 0 aliphatic carbocycles. The standard InChI is InChI=1S/C20H18BrNO2S2/c1-15-8-10-18(11-9-15)26(23,24)22-13-12-20(19(22)14-16(2)21)25-17-6-4-3-5-7-17/h3-13H,2,14H2,1H3. The van der Waals surface area contributed by atoms with Crippen LogP contribution in [0.1, 0.15) is 11.3 Å². The molecule has 0 saturated carbocycles. The molecule has 0 aliphatic rings. The second-order valence-electron chi connectivity index (χ2n) is 5.85. The smallest absolute Gasteiger partial charge is 0.244 e. The van der Waals surface area contributed by atoms with Crippen molar-refractivity contribution in [1.82, 2.24) is 3.97 Å². The van der Waals surface area contributed by atoms with E-state index in [0.29, 0.717) is 12.1 Å². The van der Waals surface area contributed by atoms with Crippen LogP contribution in [0.5, 0.6) is 0 Å². The van der Waals surface area contributed by atoms with E-state index in [4.69, 9.17) is 0 Å². The molecule has 0 amide bonds. The molecular weight excluding hydrogens is 430 g/mol. The van der Waals surface area contributed by atoms with Crippen LogP contribution in [0.3, 0.4) is 0 Å². The van der Waals surface area contributed by atoms with E-state index in [2.05, 4.69) is 22.5 Å². The maximum Gasteiger partial charge on any atom is 0.267 e. The first-order chi connectivity index (χ1) is 12.4. The first-order valence-corrected chi connectivity index (χ1v) is 11.0. The number of halogens is 1. The number of aryl methyl sites for hydroxylation is 1. The van der Waals surface area contributed by atoms with Crippen molar-refractivity contribution in [3.63, 3.8) is 0 Å². The summed E-state index contributed by atoms with van der Waals surface area (Å²) in [6.07, 6.45) is 2.04. The van der Waals surface area contributed by atoms with E-state index < -0.39 is 10.0 Å². The molecule has 0 aliphatic heterocycles. The number of nitrogens with zero attached hydrogens (tertiary/aromatic N) is 1. The van der Waals surface area contributed by atoms with Crippen molar-refractivity contribution in [3.8, 4) is 0 Å². The summed E-state index contributed by atoms with van der Waals surface area (Å²) >= 11 is 4.91. The quantitative estimate of drug-likeness (QED) is 0.490. The van der Waals surface area contributed by atoms with Crippen molar-refractivity contribution in [2.45, 2.75) is 28.0 Å². The first kappa shape index (κ1) is 19.0. The minimum Gasteiger partial charge on any atom is -0.244 e. The highest BCUT2D eigenvalue weighted by Crippen LogP contribution is 2.34. The Morgan fingerprint density at radius 2 is 1.73 bits per heavy atom. The summed E-state index contributed by atoms with van der Waals surface area (Å²) in [5, 5.41) is 0. The normalized spacial score (nSPS) is 11.5. The molecule has 134 valence electrons. The molecule has 0 radical (unpaired) electrons. The van der Waals surface area contributed by atoms with Gasteiger partial charge in [-0.3, -0.25) is 0 Å². The number of allylic oxidation sites excluding steroid dienone is 1. The summed E-state index contributed by atoms with van der Waals surface area (Å²) in [6, 6.07) is 18.6. The summed E-state index contributed by atoms with van der Waals surface area (Å²) in [4.78, 5) is 2.23. The van der Waals surface area contributed by atoms with Crippen LogP contribution in [-0.4, -0.2) is 12.4 Å². The van der Waals surface area contributed by atoms with Crippen LogP contribution in [-0.2, 0) is 16.4 Å². The van der Waals surface area contributed by atoms with Gasteiger partial charge in [-0.2, -0.15) is 0 Å². The molecule has 1 heterocycles. The summed E-state index contributed by atoms with van der Waals surface area (Å²) < 4.78 is 28.3. The Bertz CT molecular complexity index is 1020. The van der Waals surface area contributed by atoms with Crippen molar-refractivity contribution in [1.29, 1.82) is 0 Å². The van der Waals surface area contributed by atoms with Gasteiger partial charge in [0.25, 0.3) is 10.0 Å². The van der Waals surface area contributed by atoms with E-state index in [0.717, 1.165) is 19.8 Å². The van der Waals surface area contributed by atoms with Crippen LogP contribution in [0.25, 0.3) is 0 Å². The molecule has 0 saturated heterocycles. The average molecular weight is 448 g/mol. The minimum atomic E-state index is -3.66. The van der Waals surface area contributed by atoms with Crippen LogP contribution in [0.2, 0.25) is 0 Å². The zero-order valence-corrected chi connectivity index (χ0v) is 17.4. The van der Waals surface area contributed by atoms with Gasteiger partial charge in [0.1, 0.15) is 0 Å². The second kappa shape index (κ2) is 7.86. The predicted molar refractivity (Wildman–Crippen MR) is 111 cm³/mol. The average Bonchev–Trinajstić information content (AvgIpc) is 2.99. The molecule has 0 spiro atoms. The molecule has 3 rings (SSSR count). The monoisotopic (exact) mass is 447 g/mol. The third-order valence-electron chi connectivity index (χ3n) is 3.82. The Morgan fingerprint density at radius 1 is 1.08 bits per heavy atom. The highest BCUT2D eigenvalue weighted by atomic mass is 79.9. The summed E-state index contributed by atoms with van der Waals surface area (Å²) in [5.74, 6) is 0. The molecule has 3 nitrogen and oxygen atoms in total. The zero-order valence-electron chi connectivity index (χ0n) is 14.2. The lowest BCUT2D eigenvalue weighted by Gasteiger charge is -2.12. The lowest BCUT2D eigenvalue weighted by Crippen LogP contribution is -2.15. The highest BCUT2D eigenvalue weighted by Gasteiger charge is 2.22. The van der Waals surface area contributed by atoms with Crippen molar-refractivity contribution >= 4 is 37.7 Å². The predicted octanol–water partition coefficient (Wildman–Crippen LogP) is 5.64. The summed E-state index contributed by atoms with van der Waals surface area (Å²) in [5.41, 5.74) is 1.71. The van der Waals surface area contributed by atoms with Crippen LogP contribution in [0, 0.1) is 6.92 Å². The van der Waals surface area contributed by atoms with Gasteiger partial charge >= 0.3 is 0 Å². The van der Waals surface area contributed by atoms with Gasteiger partial charge in [0.15, 0.2) is 0 Å². The van der Waals surface area contributed by atoms with E-state index >= 15 is 0 Å². The summed E-state index contributed by atoms with van der Waals surface area (Å²) in [7, 11) is -3.66. The molecule has 3 aromatic rings. The van der Waals surface area contributed by atoms with Gasteiger partial charge < -0.3 is 0 Å². The van der Waals surface area contributed by atoms with Gasteiger partial charge in [-0.1, -0.05) is 70.2 Å². The molecule has 1 aromatic heterocycles. The van der Waals surface area contributed by atoms with Gasteiger partial charge in [-0.05, 0) is 41.7 Å². The van der Waals surface area contributed by atoms with Gasteiger partial charge in [0.05, 0.1) is 10.6 Å². The van der Waals surface area contributed by atoms with Gasteiger partial charge in [0, 0.05) is 22.4 Å². The number of rotatable bonds is 6. The van der Waals surface area contributed by atoms with Crippen molar-refractivity contribution < 1.29 is 8.42 Å². The lowest BCUT2D eigenvalue weighted by molar-refractivity contribution is 0.585. The van der Waals surface area contributed by atoms with E-state index in [1.807, 2.05) is 43.3 Å². The molecule has 0 N–H and O–H groups in total. The van der Waals surface area contributed by atoms with Crippen LogP contribution in [0.15, 0.2) is 92.6 Å². The zero-order chi connectivity index (χ0) is 18.7. The van der Waals surface area contributed by atoms with Gasteiger partial charge in [0.2, 0.25) is 0 Å². The maximum absolute atomic E-state index is 13.1. The third kappa shape index (κ3) is 4.14. The molecule has 6 heteroatoms. The Balaban J connectivity index is 2.06. The molecule has 0 unspecified atom stereocenters. The second-order valence-corrected chi connectivity index (χ2v) is 9.90. The number of hydrogen-bond acceptors (Lipinski definition) is 3. The number of benzene rings is 2. The van der Waals surface area contributed by atoms with Gasteiger partial charge in [-0.15, -0.1) is 0 Å². The van der Waals surface area contributed by atoms with Crippen molar-refractivity contribution in [3.05, 3.63) is 89.2 Å². The number of aromatic nitrogens is 1. The van der Waals surface area contributed by atoms with Crippen LogP contribution >= 0.6 is 27.7 Å². The lowest BCUT2D eigenvalue weighted by atomic mass is 10.2. The molecule has 0 fully saturated rings. The van der Waals surface area contributed by atoms with Crippen LogP contribution < -0.4 is 0 Å². The largest absolute Gasteiger partial charge is 0.267 e. The third-order valence-corrected chi connectivity index (χ3v) is 6.93. The fourth-order valence-corrected chi connectivity index (χ4v) is 5.20. The fourth-order valence-electron chi connectivity index (χ4n) is 2.53. The molecular formula is C20H18BrNO2S2. The van der Waals surface area contributed by atoms with E-state index in [1.165, 1.54) is 3.97 Å². The molecule has 0 atom stereocenters. The Hall–Kier alpha value is -1.76. The Kier molecular flexibility index (Phi) is 5.75. The van der Waals surface area contributed by atoms with Crippen molar-refractivity contribution in [2.24, 2.45) is 0 Å². The fraction of sp³-hybridized carbons (Fsp3) is 0.100. The molecule has 0 bridgehead atoms. The summed E-state index contributed by atoms with van der Waals surface area (Å²) in [6.45, 7) is 5.82. The number of hydrogen-bond donors (Lipinski definition) is 0. The van der Waals surface area contributed by atoms with E-state index in [1.54, 1.807) is 42.2 Å². The Labute approximate surface area is 166 Å². The van der Waals surface area contributed by atoms with Gasteiger partial charge in [-0.25, -0.2) is 12.4 Å². The van der Waals surface area contributed by atoms with Crippen molar-refractivity contribution in [2.75, 3.05) is 0 Å². The van der Waals surface area contributed by atoms with E-state index in [-0.39, 0.29) is 4.90 Å². The Morgan fingerprint density at radius 3 is 2.35 bits per heavy atom. The first-order valence-electron chi connectivity index (χ1n) is 7.96. The van der Waals surface area contributed by atoms with Crippen LogP contribution in [0.4, 0.5) is 0 Å². The molecule has 26 heavy (non-hydrogen) atoms. The van der Waals surface area contributed by atoms with E-state index in [9.17, 15) is 8.42 Å². The SMILES string of the molecule is C=C(Br)Cc1c(Sc2ccccc2)ccn1S(=O)(=O)c1ccc(C)cc1. The topological polar surface area (TPSA) is 39.1 Å². The molecule has 2 aromatic carbocycles.